The van der Waals surface area contributed by atoms with E-state index in [-0.39, 0.29) is 5.92 Å². The predicted octanol–water partition coefficient (Wildman–Crippen LogP) is 2.85. The smallest absolute Gasteiger partial charge is 0.372 e. The summed E-state index contributed by atoms with van der Waals surface area (Å²) < 4.78 is 5.98. The van der Waals surface area contributed by atoms with E-state index in [0.29, 0.717) is 11.3 Å². The molecule has 0 aromatic heterocycles. The number of carboxylic acid groups (broad SMARTS) is 1. The second kappa shape index (κ2) is 6.00. The maximum absolute atomic E-state index is 11.8. The standard InChI is InChI=1S/C13H15BrO4/c1-7(2)11(12(15)13(16)17)9-6-8(14)4-5-10(9)18-3/h4-7,11H,1-3H3,(H,16,17). The quantitative estimate of drug-likeness (QED) is 0.849. The Balaban J connectivity index is 3.33. The van der Waals surface area contributed by atoms with E-state index < -0.39 is 17.7 Å². The Bertz CT molecular complexity index is 468. The molecule has 0 spiro atoms. The van der Waals surface area contributed by atoms with Crippen LogP contribution in [0.2, 0.25) is 0 Å². The number of aliphatic carboxylic acids is 1. The van der Waals surface area contributed by atoms with Crippen molar-refractivity contribution in [1.82, 2.24) is 0 Å². The first kappa shape index (κ1) is 14.7. The first-order valence-electron chi connectivity index (χ1n) is 5.49. The molecule has 0 bridgehead atoms. The molecule has 1 unspecified atom stereocenters. The van der Waals surface area contributed by atoms with E-state index in [1.807, 2.05) is 13.8 Å². The molecule has 0 amide bonds. The molecule has 0 aliphatic carbocycles. The Kier molecular flexibility index (Phi) is 4.90. The van der Waals surface area contributed by atoms with Gasteiger partial charge in [0.2, 0.25) is 5.78 Å². The number of rotatable bonds is 5. The molecule has 0 aliphatic heterocycles. The third kappa shape index (κ3) is 3.10. The van der Waals surface area contributed by atoms with Crippen LogP contribution >= 0.6 is 15.9 Å². The Hall–Kier alpha value is -1.36. The molecule has 1 aromatic carbocycles. The SMILES string of the molecule is COc1ccc(Br)cc1C(C(=O)C(=O)O)C(C)C. The van der Waals surface area contributed by atoms with Gasteiger partial charge >= 0.3 is 5.97 Å². The first-order chi connectivity index (χ1) is 8.38. The average molecular weight is 315 g/mol. The largest absolute Gasteiger partial charge is 0.496 e. The summed E-state index contributed by atoms with van der Waals surface area (Å²) in [5.41, 5.74) is 0.592. The third-order valence-corrected chi connectivity index (χ3v) is 3.18. The van der Waals surface area contributed by atoms with Crippen molar-refractivity contribution in [3.8, 4) is 5.75 Å². The highest BCUT2D eigenvalue weighted by Gasteiger charge is 2.31. The Morgan fingerprint density at radius 2 is 1.94 bits per heavy atom. The fourth-order valence-electron chi connectivity index (χ4n) is 1.88. The summed E-state index contributed by atoms with van der Waals surface area (Å²) in [5, 5.41) is 8.89. The van der Waals surface area contributed by atoms with Gasteiger partial charge in [-0.15, -0.1) is 0 Å². The van der Waals surface area contributed by atoms with Gasteiger partial charge in [-0.25, -0.2) is 4.79 Å². The van der Waals surface area contributed by atoms with Crippen LogP contribution in [-0.2, 0) is 9.59 Å². The van der Waals surface area contributed by atoms with Gasteiger partial charge in [-0.05, 0) is 24.1 Å². The summed E-state index contributed by atoms with van der Waals surface area (Å²) in [5.74, 6) is -2.56. The third-order valence-electron chi connectivity index (χ3n) is 2.69. The summed E-state index contributed by atoms with van der Waals surface area (Å²) in [4.78, 5) is 22.7. The highest BCUT2D eigenvalue weighted by atomic mass is 79.9. The number of ether oxygens (including phenoxy) is 1. The molecule has 1 N–H and O–H groups in total. The summed E-state index contributed by atoms with van der Waals surface area (Å²) in [6.45, 7) is 3.62. The molecular weight excluding hydrogens is 300 g/mol. The van der Waals surface area contributed by atoms with Gasteiger partial charge in [0.1, 0.15) is 5.75 Å². The Morgan fingerprint density at radius 1 is 1.33 bits per heavy atom. The van der Waals surface area contributed by atoms with Crippen molar-refractivity contribution in [2.75, 3.05) is 7.11 Å². The molecule has 98 valence electrons. The normalized spacial score (nSPS) is 12.3. The summed E-state index contributed by atoms with van der Waals surface area (Å²) in [6, 6.07) is 5.22. The Labute approximate surface area is 114 Å². The number of methoxy groups -OCH3 is 1. The molecular formula is C13H15BrO4. The van der Waals surface area contributed by atoms with Crippen molar-refractivity contribution in [2.45, 2.75) is 19.8 Å². The topological polar surface area (TPSA) is 63.6 Å². The monoisotopic (exact) mass is 314 g/mol. The van der Waals surface area contributed by atoms with Crippen LogP contribution in [0.4, 0.5) is 0 Å². The summed E-state index contributed by atoms with van der Waals surface area (Å²) in [7, 11) is 1.50. The van der Waals surface area contributed by atoms with E-state index in [4.69, 9.17) is 9.84 Å². The number of hydrogen-bond acceptors (Lipinski definition) is 3. The fourth-order valence-corrected chi connectivity index (χ4v) is 2.26. The molecule has 1 atom stereocenters. The van der Waals surface area contributed by atoms with Crippen LogP contribution in [0.3, 0.4) is 0 Å². The minimum Gasteiger partial charge on any atom is -0.496 e. The van der Waals surface area contributed by atoms with Gasteiger partial charge in [0.15, 0.2) is 0 Å². The van der Waals surface area contributed by atoms with E-state index in [1.54, 1.807) is 18.2 Å². The van der Waals surface area contributed by atoms with Crippen molar-refractivity contribution in [3.63, 3.8) is 0 Å². The molecule has 0 heterocycles. The fraction of sp³-hybridized carbons (Fsp3) is 0.385. The average Bonchev–Trinajstić information content (AvgIpc) is 2.28. The highest BCUT2D eigenvalue weighted by molar-refractivity contribution is 9.10. The van der Waals surface area contributed by atoms with Gasteiger partial charge < -0.3 is 9.84 Å². The molecule has 4 nitrogen and oxygen atoms in total. The molecule has 0 radical (unpaired) electrons. The predicted molar refractivity (Wildman–Crippen MR) is 70.9 cm³/mol. The van der Waals surface area contributed by atoms with Crippen molar-refractivity contribution >= 4 is 27.7 Å². The first-order valence-corrected chi connectivity index (χ1v) is 6.28. The van der Waals surface area contributed by atoms with Crippen molar-refractivity contribution in [1.29, 1.82) is 0 Å². The lowest BCUT2D eigenvalue weighted by atomic mass is 9.84. The van der Waals surface area contributed by atoms with E-state index in [2.05, 4.69) is 15.9 Å². The molecule has 1 aromatic rings. The van der Waals surface area contributed by atoms with Crippen LogP contribution in [-0.4, -0.2) is 24.0 Å². The van der Waals surface area contributed by atoms with Crippen LogP contribution in [0.1, 0.15) is 25.3 Å². The number of benzene rings is 1. The van der Waals surface area contributed by atoms with Crippen LogP contribution in [0.5, 0.6) is 5.75 Å². The zero-order valence-corrected chi connectivity index (χ0v) is 12.0. The van der Waals surface area contributed by atoms with Crippen LogP contribution < -0.4 is 4.74 Å². The van der Waals surface area contributed by atoms with Crippen LogP contribution in [0.25, 0.3) is 0 Å². The molecule has 5 heteroatoms. The molecule has 1 rings (SSSR count). The number of carbonyl (C=O) groups is 2. The maximum Gasteiger partial charge on any atom is 0.372 e. The molecule has 18 heavy (non-hydrogen) atoms. The number of carbonyl (C=O) groups excluding carboxylic acids is 1. The van der Waals surface area contributed by atoms with Gasteiger partial charge in [0.25, 0.3) is 0 Å². The van der Waals surface area contributed by atoms with Gasteiger partial charge in [-0.2, -0.15) is 0 Å². The molecule has 0 saturated carbocycles. The molecule has 0 fully saturated rings. The molecule has 0 saturated heterocycles. The van der Waals surface area contributed by atoms with Crippen molar-refractivity contribution in [3.05, 3.63) is 28.2 Å². The summed E-state index contributed by atoms with van der Waals surface area (Å²) in [6.07, 6.45) is 0. The van der Waals surface area contributed by atoms with Gasteiger partial charge in [0, 0.05) is 10.0 Å². The van der Waals surface area contributed by atoms with Gasteiger partial charge in [-0.3, -0.25) is 4.79 Å². The summed E-state index contributed by atoms with van der Waals surface area (Å²) >= 11 is 3.31. The van der Waals surface area contributed by atoms with Crippen LogP contribution in [0.15, 0.2) is 22.7 Å². The van der Waals surface area contributed by atoms with Crippen LogP contribution in [0, 0.1) is 5.92 Å². The lowest BCUT2D eigenvalue weighted by molar-refractivity contribution is -0.150. The Morgan fingerprint density at radius 3 is 2.39 bits per heavy atom. The molecule has 0 aliphatic rings. The number of Topliss-reactive ketones (excluding diaryl/α,β-unsaturated/α-hetero) is 1. The van der Waals surface area contributed by atoms with E-state index >= 15 is 0 Å². The number of carboxylic acids is 1. The highest BCUT2D eigenvalue weighted by Crippen LogP contribution is 2.34. The minimum absolute atomic E-state index is 0.128. The van der Waals surface area contributed by atoms with Gasteiger partial charge in [-0.1, -0.05) is 29.8 Å². The van der Waals surface area contributed by atoms with E-state index in [9.17, 15) is 9.59 Å². The minimum atomic E-state index is -1.42. The van der Waals surface area contributed by atoms with Crippen molar-refractivity contribution < 1.29 is 19.4 Å². The zero-order chi connectivity index (χ0) is 13.9. The number of hydrogen-bond donors (Lipinski definition) is 1. The number of halogens is 1. The lowest BCUT2D eigenvalue weighted by Crippen LogP contribution is -2.26. The zero-order valence-electron chi connectivity index (χ0n) is 10.4. The van der Waals surface area contributed by atoms with Crippen molar-refractivity contribution in [2.24, 2.45) is 5.92 Å². The number of ketones is 1. The van der Waals surface area contributed by atoms with Gasteiger partial charge in [0.05, 0.1) is 13.0 Å². The van der Waals surface area contributed by atoms with E-state index in [0.717, 1.165) is 4.47 Å². The maximum atomic E-state index is 11.8. The lowest BCUT2D eigenvalue weighted by Gasteiger charge is -2.20. The second-order valence-electron chi connectivity index (χ2n) is 4.28. The van der Waals surface area contributed by atoms with E-state index in [1.165, 1.54) is 7.11 Å². The second-order valence-corrected chi connectivity index (χ2v) is 5.19.